The summed E-state index contributed by atoms with van der Waals surface area (Å²) in [5, 5.41) is 4.55. The Labute approximate surface area is 127 Å². The van der Waals surface area contributed by atoms with Gasteiger partial charge in [0.1, 0.15) is 5.82 Å². The second-order valence-electron chi connectivity index (χ2n) is 4.77. The molecule has 1 aromatic carbocycles. The summed E-state index contributed by atoms with van der Waals surface area (Å²) in [7, 11) is 3.21. The van der Waals surface area contributed by atoms with Crippen LogP contribution in [0.2, 0.25) is 0 Å². The predicted molar refractivity (Wildman–Crippen MR) is 84.1 cm³/mol. The Balaban J connectivity index is 2.23. The van der Waals surface area contributed by atoms with E-state index >= 15 is 0 Å². The van der Waals surface area contributed by atoms with Gasteiger partial charge in [-0.05, 0) is 19.1 Å². The molecule has 3 rings (SSSR count). The summed E-state index contributed by atoms with van der Waals surface area (Å²) < 4.78 is 12.4. The maximum absolute atomic E-state index is 5.55. The van der Waals surface area contributed by atoms with Crippen LogP contribution in [-0.4, -0.2) is 28.8 Å². The topological polar surface area (TPSA) is 86.7 Å². The van der Waals surface area contributed by atoms with Crippen molar-refractivity contribution in [2.45, 2.75) is 6.92 Å². The number of methoxy groups -OCH3 is 2. The van der Waals surface area contributed by atoms with Gasteiger partial charge in [0.2, 0.25) is 0 Å². The number of benzene rings is 1. The quantitative estimate of drug-likeness (QED) is 0.566. The van der Waals surface area contributed by atoms with E-state index in [0.29, 0.717) is 23.0 Å². The minimum absolute atomic E-state index is 0.632. The van der Waals surface area contributed by atoms with Crippen LogP contribution in [0.3, 0.4) is 0 Å². The maximum Gasteiger partial charge on any atom is 0.170 e. The van der Waals surface area contributed by atoms with Crippen molar-refractivity contribution in [2.24, 2.45) is 5.84 Å². The second kappa shape index (κ2) is 5.53. The first-order valence-electron chi connectivity index (χ1n) is 6.73. The molecule has 3 N–H and O–H groups in total. The number of aromatic nitrogens is 3. The average Bonchev–Trinajstić information content (AvgIpc) is 2.96. The number of para-hydroxylation sites is 1. The Hall–Kier alpha value is -2.80. The molecular weight excluding hydrogens is 282 g/mol. The van der Waals surface area contributed by atoms with Crippen LogP contribution < -0.4 is 20.7 Å². The van der Waals surface area contributed by atoms with Gasteiger partial charge in [-0.25, -0.2) is 10.8 Å². The number of fused-ring (bicyclic) bond motifs is 1. The van der Waals surface area contributed by atoms with Crippen molar-refractivity contribution in [1.29, 1.82) is 0 Å². The summed E-state index contributed by atoms with van der Waals surface area (Å²) in [6.45, 7) is 1.90. The van der Waals surface area contributed by atoms with Gasteiger partial charge >= 0.3 is 0 Å². The standard InChI is InChI=1S/C15H17N5O2/c1-9-7-14(18-16)20-13(17-9)8-11(19-20)10-5-4-6-12(21-2)15(10)22-3/h4-8,18H,16H2,1-3H3. The lowest BCUT2D eigenvalue weighted by Crippen LogP contribution is -2.12. The normalized spacial score (nSPS) is 10.7. The molecule has 2 aromatic heterocycles. The molecule has 0 unspecified atom stereocenters. The van der Waals surface area contributed by atoms with E-state index in [1.54, 1.807) is 18.7 Å². The highest BCUT2D eigenvalue weighted by Gasteiger charge is 2.16. The molecule has 0 atom stereocenters. The molecule has 0 fully saturated rings. The number of hydrogen-bond acceptors (Lipinski definition) is 6. The molecule has 0 aliphatic heterocycles. The lowest BCUT2D eigenvalue weighted by atomic mass is 10.1. The summed E-state index contributed by atoms with van der Waals surface area (Å²) in [6.07, 6.45) is 0. The lowest BCUT2D eigenvalue weighted by molar-refractivity contribution is 0.356. The SMILES string of the molecule is COc1cccc(-c2cc3nc(C)cc(NN)n3n2)c1OC. The van der Waals surface area contributed by atoms with Crippen LogP contribution in [0.15, 0.2) is 30.3 Å². The first-order chi connectivity index (χ1) is 10.7. The first-order valence-corrected chi connectivity index (χ1v) is 6.73. The van der Waals surface area contributed by atoms with Gasteiger partial charge in [0.05, 0.1) is 19.9 Å². The zero-order chi connectivity index (χ0) is 15.7. The Morgan fingerprint density at radius 1 is 1.18 bits per heavy atom. The number of aryl methyl sites for hydroxylation is 1. The number of nitrogens with one attached hydrogen (secondary N) is 1. The molecule has 0 spiro atoms. The van der Waals surface area contributed by atoms with E-state index in [1.807, 2.05) is 37.3 Å². The van der Waals surface area contributed by atoms with E-state index in [2.05, 4.69) is 15.5 Å². The minimum Gasteiger partial charge on any atom is -0.493 e. The fraction of sp³-hybridized carbons (Fsp3) is 0.200. The second-order valence-corrected chi connectivity index (χ2v) is 4.77. The highest BCUT2D eigenvalue weighted by molar-refractivity contribution is 5.74. The molecule has 0 radical (unpaired) electrons. The van der Waals surface area contributed by atoms with Gasteiger partial charge in [0, 0.05) is 23.4 Å². The molecule has 0 aliphatic carbocycles. The van der Waals surface area contributed by atoms with Crippen LogP contribution in [0.4, 0.5) is 5.82 Å². The Bertz CT molecular complexity index is 828. The molecule has 0 aliphatic rings. The minimum atomic E-state index is 0.632. The number of anilines is 1. The van der Waals surface area contributed by atoms with Gasteiger partial charge < -0.3 is 14.9 Å². The molecule has 0 amide bonds. The number of hydrazine groups is 1. The molecule has 2 heterocycles. The predicted octanol–water partition coefficient (Wildman–Crippen LogP) is 2.01. The first kappa shape index (κ1) is 14.2. The van der Waals surface area contributed by atoms with Crippen LogP contribution in [0.1, 0.15) is 5.69 Å². The van der Waals surface area contributed by atoms with Gasteiger partial charge in [0.15, 0.2) is 17.1 Å². The number of hydrogen-bond donors (Lipinski definition) is 2. The summed E-state index contributed by atoms with van der Waals surface area (Å²) >= 11 is 0. The van der Waals surface area contributed by atoms with Gasteiger partial charge in [-0.2, -0.15) is 9.61 Å². The van der Waals surface area contributed by atoms with Crippen molar-refractivity contribution in [3.05, 3.63) is 36.0 Å². The Morgan fingerprint density at radius 2 is 2.00 bits per heavy atom. The van der Waals surface area contributed by atoms with E-state index in [0.717, 1.165) is 17.0 Å². The average molecular weight is 299 g/mol. The van der Waals surface area contributed by atoms with Gasteiger partial charge in [0.25, 0.3) is 0 Å². The maximum atomic E-state index is 5.55. The number of rotatable bonds is 4. The molecule has 0 saturated carbocycles. The van der Waals surface area contributed by atoms with Gasteiger partial charge in [-0.1, -0.05) is 6.07 Å². The zero-order valence-electron chi connectivity index (χ0n) is 12.6. The smallest absolute Gasteiger partial charge is 0.170 e. The van der Waals surface area contributed by atoms with Crippen LogP contribution in [-0.2, 0) is 0 Å². The van der Waals surface area contributed by atoms with E-state index in [-0.39, 0.29) is 0 Å². The van der Waals surface area contributed by atoms with E-state index in [9.17, 15) is 0 Å². The van der Waals surface area contributed by atoms with E-state index in [4.69, 9.17) is 15.3 Å². The molecule has 22 heavy (non-hydrogen) atoms. The van der Waals surface area contributed by atoms with Crippen molar-refractivity contribution in [3.63, 3.8) is 0 Å². The van der Waals surface area contributed by atoms with Crippen LogP contribution in [0, 0.1) is 6.92 Å². The number of nitrogens with two attached hydrogens (primary N) is 1. The number of nitrogen functional groups attached to an aromatic ring is 1. The number of ether oxygens (including phenoxy) is 2. The Morgan fingerprint density at radius 3 is 2.68 bits per heavy atom. The molecule has 7 heteroatoms. The highest BCUT2D eigenvalue weighted by atomic mass is 16.5. The third kappa shape index (κ3) is 2.21. The van der Waals surface area contributed by atoms with Crippen LogP contribution >= 0.6 is 0 Å². The molecule has 7 nitrogen and oxygen atoms in total. The van der Waals surface area contributed by atoms with Crippen molar-refractivity contribution < 1.29 is 9.47 Å². The van der Waals surface area contributed by atoms with Crippen molar-refractivity contribution in [3.8, 4) is 22.8 Å². The van der Waals surface area contributed by atoms with Crippen LogP contribution in [0.5, 0.6) is 11.5 Å². The van der Waals surface area contributed by atoms with Crippen LogP contribution in [0.25, 0.3) is 16.9 Å². The molecule has 0 bridgehead atoms. The van der Waals surface area contributed by atoms with Gasteiger partial charge in [-0.15, -0.1) is 0 Å². The molecule has 3 aromatic rings. The molecule has 114 valence electrons. The van der Waals surface area contributed by atoms with Gasteiger partial charge in [-0.3, -0.25) is 0 Å². The largest absolute Gasteiger partial charge is 0.493 e. The summed E-state index contributed by atoms with van der Waals surface area (Å²) in [6, 6.07) is 9.36. The fourth-order valence-corrected chi connectivity index (χ4v) is 2.42. The van der Waals surface area contributed by atoms with Crippen molar-refractivity contribution in [1.82, 2.24) is 14.6 Å². The highest BCUT2D eigenvalue weighted by Crippen LogP contribution is 2.37. The third-order valence-corrected chi connectivity index (χ3v) is 3.38. The van der Waals surface area contributed by atoms with E-state index in [1.165, 1.54) is 0 Å². The third-order valence-electron chi connectivity index (χ3n) is 3.38. The summed E-state index contributed by atoms with van der Waals surface area (Å²) in [4.78, 5) is 4.46. The fourth-order valence-electron chi connectivity index (χ4n) is 2.42. The number of nitrogens with zero attached hydrogens (tertiary/aromatic N) is 3. The Kier molecular flexibility index (Phi) is 3.56. The lowest BCUT2D eigenvalue weighted by Gasteiger charge is -2.10. The monoisotopic (exact) mass is 299 g/mol. The zero-order valence-corrected chi connectivity index (χ0v) is 12.6. The molecule has 0 saturated heterocycles. The van der Waals surface area contributed by atoms with Crippen molar-refractivity contribution >= 4 is 11.5 Å². The summed E-state index contributed by atoms with van der Waals surface area (Å²) in [5.41, 5.74) is 5.74. The summed E-state index contributed by atoms with van der Waals surface area (Å²) in [5.74, 6) is 7.50. The molecular formula is C15H17N5O2. The van der Waals surface area contributed by atoms with Crippen molar-refractivity contribution in [2.75, 3.05) is 19.6 Å². The van der Waals surface area contributed by atoms with E-state index < -0.39 is 0 Å².